The Labute approximate surface area is 154 Å². The summed E-state index contributed by atoms with van der Waals surface area (Å²) in [5.74, 6) is -0.390. The smallest absolute Gasteiger partial charge is 0.308 e. The molecule has 6 nitrogen and oxygen atoms in total. The van der Waals surface area contributed by atoms with E-state index in [2.05, 4.69) is 6.92 Å². The number of benzene rings is 1. The third-order valence-corrected chi connectivity index (χ3v) is 4.84. The maximum absolute atomic E-state index is 11.9. The summed E-state index contributed by atoms with van der Waals surface area (Å²) < 4.78 is 22.2. The topological polar surface area (TPSA) is 71.1 Å². The van der Waals surface area contributed by atoms with Gasteiger partial charge < -0.3 is 18.9 Å². The van der Waals surface area contributed by atoms with Gasteiger partial charge in [-0.1, -0.05) is 44.2 Å². The van der Waals surface area contributed by atoms with Crippen LogP contribution >= 0.6 is 0 Å². The first kappa shape index (κ1) is 20.4. The fourth-order valence-corrected chi connectivity index (χ4v) is 2.94. The molecular weight excluding hydrogens is 336 g/mol. The lowest BCUT2D eigenvalue weighted by Crippen LogP contribution is -2.51. The minimum absolute atomic E-state index is 0.0214. The average molecular weight is 364 g/mol. The second-order valence-corrected chi connectivity index (χ2v) is 6.77. The van der Waals surface area contributed by atoms with Gasteiger partial charge in [0, 0.05) is 12.8 Å². The van der Waals surface area contributed by atoms with Crippen LogP contribution in [0.2, 0.25) is 0 Å². The molecule has 6 heteroatoms. The zero-order valence-electron chi connectivity index (χ0n) is 15.8. The number of esters is 2. The number of hydrogen-bond donors (Lipinski definition) is 0. The van der Waals surface area contributed by atoms with Gasteiger partial charge in [-0.3, -0.25) is 9.59 Å². The van der Waals surface area contributed by atoms with Crippen LogP contribution in [0.1, 0.15) is 39.7 Å². The van der Waals surface area contributed by atoms with E-state index in [4.69, 9.17) is 18.9 Å². The third kappa shape index (κ3) is 5.81. The lowest BCUT2D eigenvalue weighted by atomic mass is 9.84. The van der Waals surface area contributed by atoms with Crippen molar-refractivity contribution in [1.29, 1.82) is 0 Å². The van der Waals surface area contributed by atoms with Gasteiger partial charge in [0.15, 0.2) is 12.4 Å². The molecule has 26 heavy (non-hydrogen) atoms. The predicted molar refractivity (Wildman–Crippen MR) is 95.0 cm³/mol. The summed E-state index contributed by atoms with van der Waals surface area (Å²) >= 11 is 0. The van der Waals surface area contributed by atoms with Crippen molar-refractivity contribution in [1.82, 2.24) is 0 Å². The molecule has 0 spiro atoms. The van der Waals surface area contributed by atoms with Gasteiger partial charge >= 0.3 is 11.9 Å². The van der Waals surface area contributed by atoms with Gasteiger partial charge in [-0.25, -0.2) is 0 Å². The van der Waals surface area contributed by atoms with Crippen LogP contribution in [0.5, 0.6) is 0 Å². The largest absolute Gasteiger partial charge is 0.461 e. The second kappa shape index (κ2) is 9.69. The van der Waals surface area contributed by atoms with Crippen LogP contribution < -0.4 is 0 Å². The molecule has 2 unspecified atom stereocenters. The summed E-state index contributed by atoms with van der Waals surface area (Å²) in [6, 6.07) is 9.49. The highest BCUT2D eigenvalue weighted by atomic mass is 16.7. The van der Waals surface area contributed by atoms with Gasteiger partial charge in [0.25, 0.3) is 0 Å². The zero-order valence-corrected chi connectivity index (χ0v) is 15.8. The molecule has 2 rings (SSSR count). The minimum atomic E-state index is -0.679. The van der Waals surface area contributed by atoms with Crippen molar-refractivity contribution >= 4 is 11.9 Å². The van der Waals surface area contributed by atoms with E-state index in [9.17, 15) is 9.59 Å². The molecule has 0 saturated carbocycles. The van der Waals surface area contributed by atoms with Crippen LogP contribution in [0.3, 0.4) is 0 Å². The van der Waals surface area contributed by atoms with E-state index >= 15 is 0 Å². The van der Waals surface area contributed by atoms with Crippen LogP contribution in [-0.2, 0) is 35.1 Å². The summed E-state index contributed by atoms with van der Waals surface area (Å²) in [4.78, 5) is 23.3. The molecule has 0 radical (unpaired) electrons. The molecule has 1 aromatic rings. The normalized spacial score (nSPS) is 28.4. The van der Waals surface area contributed by atoms with Gasteiger partial charge in [-0.05, 0) is 18.4 Å². The monoisotopic (exact) mass is 364 g/mol. The maximum Gasteiger partial charge on any atom is 0.308 e. The molecule has 1 aromatic carbocycles. The van der Waals surface area contributed by atoms with E-state index in [1.54, 1.807) is 0 Å². The molecule has 0 bridgehead atoms. The Balaban J connectivity index is 1.80. The molecule has 0 N–H and O–H groups in total. The molecule has 1 heterocycles. The molecule has 0 amide bonds. The molecule has 1 fully saturated rings. The number of hydrogen-bond acceptors (Lipinski definition) is 6. The number of carbonyl (C=O) groups is 2. The van der Waals surface area contributed by atoms with Crippen LogP contribution in [-0.4, -0.2) is 37.0 Å². The highest BCUT2D eigenvalue weighted by molar-refractivity contribution is 5.69. The van der Waals surface area contributed by atoms with E-state index in [-0.39, 0.29) is 49.5 Å². The Morgan fingerprint density at radius 2 is 1.77 bits per heavy atom. The first-order valence-electron chi connectivity index (χ1n) is 9.02. The van der Waals surface area contributed by atoms with Crippen molar-refractivity contribution in [3.05, 3.63) is 35.9 Å². The van der Waals surface area contributed by atoms with E-state index in [1.165, 1.54) is 6.92 Å². The predicted octanol–water partition coefficient (Wildman–Crippen LogP) is 3.09. The first-order chi connectivity index (χ1) is 12.4. The summed E-state index contributed by atoms with van der Waals surface area (Å²) in [7, 11) is 0. The Morgan fingerprint density at radius 1 is 1.08 bits per heavy atom. The van der Waals surface area contributed by atoms with Gasteiger partial charge in [-0.2, -0.15) is 0 Å². The van der Waals surface area contributed by atoms with Crippen molar-refractivity contribution in [2.45, 2.75) is 59.2 Å². The van der Waals surface area contributed by atoms with Crippen LogP contribution in [0.25, 0.3) is 0 Å². The fourth-order valence-electron chi connectivity index (χ4n) is 2.94. The van der Waals surface area contributed by atoms with Crippen LogP contribution in [0, 0.1) is 11.8 Å². The summed E-state index contributed by atoms with van der Waals surface area (Å²) in [5.41, 5.74) is 0.934. The standard InChI is InChI=1S/C20H28O6/c1-13-14(2)19(26-16(4)21)20(25-15(13)3)23-11-10-18(22)24-12-17-8-6-5-7-9-17/h5-9,13-15,19-20H,10-12H2,1-4H3/t13-,14+,15?,19?,20-/m1/s1. The number of ether oxygens (including phenoxy) is 4. The average Bonchev–Trinajstić information content (AvgIpc) is 2.62. The van der Waals surface area contributed by atoms with Crippen molar-refractivity contribution in [3.8, 4) is 0 Å². The van der Waals surface area contributed by atoms with Crippen molar-refractivity contribution < 1.29 is 28.5 Å². The minimum Gasteiger partial charge on any atom is -0.461 e. The van der Waals surface area contributed by atoms with Crippen LogP contribution in [0.4, 0.5) is 0 Å². The molecule has 1 saturated heterocycles. The highest BCUT2D eigenvalue weighted by Gasteiger charge is 2.42. The number of rotatable bonds is 7. The van der Waals surface area contributed by atoms with Gasteiger partial charge in [-0.15, -0.1) is 0 Å². The van der Waals surface area contributed by atoms with Crippen LogP contribution in [0.15, 0.2) is 30.3 Å². The summed E-state index contributed by atoms with van der Waals surface area (Å²) in [6.07, 6.45) is -1.08. The number of carbonyl (C=O) groups excluding carboxylic acids is 2. The van der Waals surface area contributed by atoms with E-state index in [0.29, 0.717) is 0 Å². The maximum atomic E-state index is 11.9. The van der Waals surface area contributed by atoms with Crippen molar-refractivity contribution in [3.63, 3.8) is 0 Å². The third-order valence-electron chi connectivity index (χ3n) is 4.84. The Kier molecular flexibility index (Phi) is 7.60. The summed E-state index contributed by atoms with van der Waals surface area (Å²) in [6.45, 7) is 7.79. The second-order valence-electron chi connectivity index (χ2n) is 6.77. The SMILES string of the molecule is CC(=O)OC1[C@H](OCCC(=O)OCc2ccccc2)OC(C)[C@H](C)[C@@H]1C. The molecule has 1 aliphatic rings. The molecule has 0 aromatic heterocycles. The van der Waals surface area contributed by atoms with Crippen molar-refractivity contribution in [2.24, 2.45) is 11.8 Å². The van der Waals surface area contributed by atoms with E-state index in [1.807, 2.05) is 44.2 Å². The molecular formula is C20H28O6. The van der Waals surface area contributed by atoms with Gasteiger partial charge in [0.1, 0.15) is 6.61 Å². The van der Waals surface area contributed by atoms with Crippen molar-refractivity contribution in [2.75, 3.05) is 6.61 Å². The molecule has 144 valence electrons. The van der Waals surface area contributed by atoms with Gasteiger partial charge in [0.05, 0.1) is 19.1 Å². The fraction of sp³-hybridized carbons (Fsp3) is 0.600. The van der Waals surface area contributed by atoms with E-state index < -0.39 is 12.4 Å². The first-order valence-corrected chi connectivity index (χ1v) is 9.02. The summed E-state index contributed by atoms with van der Waals surface area (Å²) in [5, 5.41) is 0. The molecule has 0 aliphatic carbocycles. The van der Waals surface area contributed by atoms with Gasteiger partial charge in [0.2, 0.25) is 0 Å². The Morgan fingerprint density at radius 3 is 2.42 bits per heavy atom. The quantitative estimate of drug-likeness (QED) is 0.693. The lowest BCUT2D eigenvalue weighted by molar-refractivity contribution is -0.271. The molecule has 5 atom stereocenters. The molecule has 1 aliphatic heterocycles. The highest BCUT2D eigenvalue weighted by Crippen LogP contribution is 2.33. The van der Waals surface area contributed by atoms with E-state index in [0.717, 1.165) is 5.56 Å². The lowest BCUT2D eigenvalue weighted by Gasteiger charge is -2.42. The Hall–Kier alpha value is -1.92. The Bertz CT molecular complexity index is 587. The zero-order chi connectivity index (χ0) is 19.1.